The van der Waals surface area contributed by atoms with Crippen molar-refractivity contribution in [1.29, 1.82) is 0 Å². The van der Waals surface area contributed by atoms with E-state index in [1.807, 2.05) is 25.8 Å². The van der Waals surface area contributed by atoms with Gasteiger partial charge in [0.1, 0.15) is 11.3 Å². The summed E-state index contributed by atoms with van der Waals surface area (Å²) in [5, 5.41) is 28.8. The van der Waals surface area contributed by atoms with Gasteiger partial charge in [0.05, 0.1) is 12.9 Å². The average molecular weight is 371 g/mol. The first-order chi connectivity index (χ1) is 12.9. The van der Waals surface area contributed by atoms with Crippen molar-refractivity contribution in [2.75, 3.05) is 25.1 Å². The van der Waals surface area contributed by atoms with Crippen LogP contribution in [-0.2, 0) is 6.42 Å². The van der Waals surface area contributed by atoms with Gasteiger partial charge in [-0.3, -0.25) is 0 Å². The lowest BCUT2D eigenvalue weighted by Gasteiger charge is -2.22. The molecule has 0 aliphatic rings. The number of benzene rings is 1. The average Bonchev–Trinajstić information content (AvgIpc) is 3.10. The lowest BCUT2D eigenvalue weighted by Crippen LogP contribution is -2.24. The Hall–Kier alpha value is -2.87. The number of phenolic OH excluding ortho intramolecular Hbond substituents is 2. The molecule has 2 aromatic heterocycles. The number of hydrogen-bond donors (Lipinski definition) is 4. The van der Waals surface area contributed by atoms with Gasteiger partial charge in [0.15, 0.2) is 23.0 Å². The van der Waals surface area contributed by atoms with E-state index in [0.29, 0.717) is 24.4 Å². The Morgan fingerprint density at radius 2 is 1.93 bits per heavy atom. The minimum Gasteiger partial charge on any atom is -0.504 e. The Kier molecular flexibility index (Phi) is 5.46. The number of aromatic hydroxyl groups is 2. The van der Waals surface area contributed by atoms with Gasteiger partial charge in [-0.2, -0.15) is 0 Å². The van der Waals surface area contributed by atoms with E-state index >= 15 is 0 Å². The molecule has 4 N–H and O–H groups in total. The number of fused-ring (bicyclic) bond motifs is 1. The maximum absolute atomic E-state index is 9.74. The Morgan fingerprint density at radius 3 is 2.59 bits per heavy atom. The Morgan fingerprint density at radius 1 is 1.15 bits per heavy atom. The lowest BCUT2D eigenvalue weighted by atomic mass is 9.96. The maximum Gasteiger partial charge on any atom is 0.183 e. The van der Waals surface area contributed by atoms with Crippen molar-refractivity contribution in [2.24, 2.45) is 5.92 Å². The van der Waals surface area contributed by atoms with Crippen LogP contribution in [0, 0.1) is 5.92 Å². The van der Waals surface area contributed by atoms with Crippen LogP contribution in [0.4, 0.5) is 5.82 Å². The van der Waals surface area contributed by atoms with Gasteiger partial charge in [0, 0.05) is 19.5 Å². The summed E-state index contributed by atoms with van der Waals surface area (Å²) in [5.41, 5.74) is 2.22. The van der Waals surface area contributed by atoms with E-state index in [1.54, 1.807) is 18.5 Å². The van der Waals surface area contributed by atoms with Crippen LogP contribution in [-0.4, -0.2) is 55.5 Å². The first-order valence-corrected chi connectivity index (χ1v) is 8.94. The highest BCUT2D eigenvalue weighted by Crippen LogP contribution is 2.28. The summed E-state index contributed by atoms with van der Waals surface area (Å²) in [7, 11) is 1.93. The standard InChI is InChI=1S/C19H25N5O3/c1-11(2)13(9-25)17-22-18-16(20-10-21-18)19(23-17)24(3)7-6-12-4-5-14(26)15(27)8-12/h4-5,8,10-11,13,25-27H,6-7,9H2,1-3H3,(H,20,21,22,23). The van der Waals surface area contributed by atoms with Crippen LogP contribution in [0.1, 0.15) is 31.2 Å². The van der Waals surface area contributed by atoms with Crippen LogP contribution < -0.4 is 4.90 Å². The molecule has 144 valence electrons. The molecule has 8 nitrogen and oxygen atoms in total. The van der Waals surface area contributed by atoms with Crippen LogP contribution in [0.2, 0.25) is 0 Å². The summed E-state index contributed by atoms with van der Waals surface area (Å²) >= 11 is 0. The molecule has 0 fully saturated rings. The van der Waals surface area contributed by atoms with Crippen molar-refractivity contribution in [3.63, 3.8) is 0 Å². The number of phenols is 2. The van der Waals surface area contributed by atoms with E-state index in [-0.39, 0.29) is 29.9 Å². The molecule has 0 spiro atoms. The SMILES string of the molecule is CC(C)C(CO)c1nc(N(C)CCc2ccc(O)c(O)c2)c2[nH]cnc2n1. The molecular formula is C19H25N5O3. The number of H-pyrrole nitrogens is 1. The molecule has 0 bridgehead atoms. The summed E-state index contributed by atoms with van der Waals surface area (Å²) in [5.74, 6) is 1.08. The second-order valence-corrected chi connectivity index (χ2v) is 7.03. The molecule has 1 unspecified atom stereocenters. The van der Waals surface area contributed by atoms with Crippen LogP contribution in [0.25, 0.3) is 11.2 Å². The normalized spacial score (nSPS) is 12.6. The second kappa shape index (κ2) is 7.79. The molecule has 0 aliphatic heterocycles. The summed E-state index contributed by atoms with van der Waals surface area (Å²) < 4.78 is 0. The number of anilines is 1. The highest BCUT2D eigenvalue weighted by atomic mass is 16.3. The summed E-state index contributed by atoms with van der Waals surface area (Å²) in [6.45, 7) is 4.67. The van der Waals surface area contributed by atoms with Gasteiger partial charge in [0.25, 0.3) is 0 Å². The van der Waals surface area contributed by atoms with Crippen molar-refractivity contribution in [2.45, 2.75) is 26.2 Å². The van der Waals surface area contributed by atoms with Gasteiger partial charge >= 0.3 is 0 Å². The predicted octanol–water partition coefficient (Wildman–Crippen LogP) is 2.17. The van der Waals surface area contributed by atoms with E-state index in [9.17, 15) is 15.3 Å². The fourth-order valence-electron chi connectivity index (χ4n) is 2.99. The van der Waals surface area contributed by atoms with Gasteiger partial charge in [0.2, 0.25) is 0 Å². The quantitative estimate of drug-likeness (QED) is 0.470. The number of aliphatic hydroxyl groups is 1. The second-order valence-electron chi connectivity index (χ2n) is 7.03. The van der Waals surface area contributed by atoms with E-state index in [2.05, 4.69) is 15.0 Å². The number of imidazole rings is 1. The van der Waals surface area contributed by atoms with Crippen LogP contribution in [0.15, 0.2) is 24.5 Å². The van der Waals surface area contributed by atoms with Gasteiger partial charge < -0.3 is 25.2 Å². The lowest BCUT2D eigenvalue weighted by molar-refractivity contribution is 0.232. The molecule has 0 aliphatic carbocycles. The first-order valence-electron chi connectivity index (χ1n) is 8.94. The number of aliphatic hydroxyl groups excluding tert-OH is 1. The topological polar surface area (TPSA) is 118 Å². The maximum atomic E-state index is 9.74. The molecule has 3 rings (SSSR count). The molecule has 0 saturated heterocycles. The number of hydrogen-bond acceptors (Lipinski definition) is 7. The Balaban J connectivity index is 1.87. The van der Waals surface area contributed by atoms with E-state index < -0.39 is 0 Å². The molecule has 8 heteroatoms. The number of aromatic amines is 1. The number of rotatable bonds is 7. The molecule has 27 heavy (non-hydrogen) atoms. The Bertz CT molecular complexity index is 925. The van der Waals surface area contributed by atoms with Crippen molar-refractivity contribution in [3.05, 3.63) is 35.9 Å². The van der Waals surface area contributed by atoms with Gasteiger partial charge in [-0.1, -0.05) is 19.9 Å². The molecule has 2 heterocycles. The van der Waals surface area contributed by atoms with E-state index in [0.717, 1.165) is 16.9 Å². The van der Waals surface area contributed by atoms with Crippen molar-refractivity contribution < 1.29 is 15.3 Å². The summed E-state index contributed by atoms with van der Waals surface area (Å²) in [6, 6.07) is 4.82. The number of likely N-dealkylation sites (N-methyl/N-ethyl adjacent to an activating group) is 1. The minimum atomic E-state index is -0.160. The zero-order chi connectivity index (χ0) is 19.6. The third kappa shape index (κ3) is 3.95. The minimum absolute atomic E-state index is 0.0243. The first kappa shape index (κ1) is 18.9. The predicted molar refractivity (Wildman–Crippen MR) is 103 cm³/mol. The van der Waals surface area contributed by atoms with E-state index in [1.165, 1.54) is 6.07 Å². The monoisotopic (exact) mass is 371 g/mol. The zero-order valence-electron chi connectivity index (χ0n) is 15.7. The smallest absolute Gasteiger partial charge is 0.183 e. The third-order valence-corrected chi connectivity index (χ3v) is 4.75. The molecule has 0 radical (unpaired) electrons. The van der Waals surface area contributed by atoms with Gasteiger partial charge in [-0.25, -0.2) is 15.0 Å². The van der Waals surface area contributed by atoms with Crippen LogP contribution in [0.5, 0.6) is 11.5 Å². The molecule has 1 aromatic carbocycles. The van der Waals surface area contributed by atoms with Gasteiger partial charge in [-0.05, 0) is 30.0 Å². The van der Waals surface area contributed by atoms with Gasteiger partial charge in [-0.15, -0.1) is 0 Å². The fraction of sp³-hybridized carbons (Fsp3) is 0.421. The molecule has 1 atom stereocenters. The van der Waals surface area contributed by atoms with Crippen LogP contribution in [0.3, 0.4) is 0 Å². The molecule has 0 amide bonds. The summed E-state index contributed by atoms with van der Waals surface area (Å²) in [6.07, 6.45) is 2.24. The highest BCUT2D eigenvalue weighted by Gasteiger charge is 2.22. The van der Waals surface area contributed by atoms with Crippen molar-refractivity contribution in [3.8, 4) is 11.5 Å². The number of nitrogens with one attached hydrogen (secondary N) is 1. The highest BCUT2D eigenvalue weighted by molar-refractivity contribution is 5.83. The number of nitrogens with zero attached hydrogens (tertiary/aromatic N) is 4. The van der Waals surface area contributed by atoms with Crippen LogP contribution >= 0.6 is 0 Å². The largest absolute Gasteiger partial charge is 0.504 e. The Labute approximate surface area is 157 Å². The fourth-order valence-corrected chi connectivity index (χ4v) is 2.99. The zero-order valence-corrected chi connectivity index (χ0v) is 15.7. The molecule has 3 aromatic rings. The van der Waals surface area contributed by atoms with Crippen molar-refractivity contribution in [1.82, 2.24) is 19.9 Å². The van der Waals surface area contributed by atoms with E-state index in [4.69, 9.17) is 4.98 Å². The molecule has 0 saturated carbocycles. The molecular weight excluding hydrogens is 346 g/mol. The third-order valence-electron chi connectivity index (χ3n) is 4.75. The number of aromatic nitrogens is 4. The summed E-state index contributed by atoms with van der Waals surface area (Å²) in [4.78, 5) is 18.5. The van der Waals surface area contributed by atoms with Crippen molar-refractivity contribution >= 4 is 17.0 Å².